The average molecular weight is 257 g/mol. The van der Waals surface area contributed by atoms with E-state index < -0.39 is 0 Å². The molecule has 0 aliphatic rings. The summed E-state index contributed by atoms with van der Waals surface area (Å²) in [5, 5.41) is 3.07. The molecular weight excluding hydrogens is 238 g/mol. The molecule has 5 heteroatoms. The summed E-state index contributed by atoms with van der Waals surface area (Å²) in [5.74, 6) is 2.74. The molecule has 2 rings (SSSR count). The van der Waals surface area contributed by atoms with Gasteiger partial charge in [0.15, 0.2) is 5.82 Å². The minimum Gasteiger partial charge on any atom is -0.373 e. The fourth-order valence-corrected chi connectivity index (χ4v) is 1.84. The van der Waals surface area contributed by atoms with Crippen molar-refractivity contribution in [3.63, 3.8) is 0 Å². The van der Waals surface area contributed by atoms with Crippen molar-refractivity contribution in [1.82, 2.24) is 19.9 Å². The molecule has 0 amide bonds. The predicted molar refractivity (Wildman–Crippen MR) is 75.9 cm³/mol. The summed E-state index contributed by atoms with van der Waals surface area (Å²) in [6.45, 7) is 6.21. The Hall–Kier alpha value is -2.04. The number of hydrogen-bond donors (Lipinski definition) is 1. The number of anilines is 1. The van der Waals surface area contributed by atoms with Gasteiger partial charge in [0.05, 0.1) is 0 Å². The van der Waals surface area contributed by atoms with E-state index in [1.54, 1.807) is 6.20 Å². The molecule has 0 aliphatic carbocycles. The van der Waals surface area contributed by atoms with Gasteiger partial charge in [0, 0.05) is 25.0 Å². The number of aryl methyl sites for hydroxylation is 1. The maximum Gasteiger partial charge on any atom is 0.180 e. The van der Waals surface area contributed by atoms with E-state index in [2.05, 4.69) is 39.1 Å². The van der Waals surface area contributed by atoms with Gasteiger partial charge in [0.1, 0.15) is 17.3 Å². The number of aromatic nitrogens is 4. The zero-order valence-electron chi connectivity index (χ0n) is 11.8. The Morgan fingerprint density at radius 2 is 2.00 bits per heavy atom. The van der Waals surface area contributed by atoms with E-state index in [1.807, 2.05) is 26.1 Å². The summed E-state index contributed by atoms with van der Waals surface area (Å²) in [4.78, 5) is 17.5. The summed E-state index contributed by atoms with van der Waals surface area (Å²) in [6.07, 6.45) is 2.66. The lowest BCUT2D eigenvalue weighted by Crippen LogP contribution is -2.04. The van der Waals surface area contributed by atoms with Crippen LogP contribution < -0.4 is 5.32 Å². The van der Waals surface area contributed by atoms with Crippen LogP contribution >= 0.6 is 0 Å². The normalized spacial score (nSPS) is 10.8. The molecule has 0 spiro atoms. The van der Waals surface area contributed by atoms with Gasteiger partial charge in [-0.25, -0.2) is 19.9 Å². The van der Waals surface area contributed by atoms with Crippen molar-refractivity contribution in [2.45, 2.75) is 27.2 Å². The van der Waals surface area contributed by atoms with Crippen LogP contribution in [-0.4, -0.2) is 27.0 Å². The maximum atomic E-state index is 4.59. The van der Waals surface area contributed by atoms with Crippen LogP contribution in [-0.2, 0) is 6.42 Å². The summed E-state index contributed by atoms with van der Waals surface area (Å²) in [6, 6.07) is 3.82. The fourth-order valence-electron chi connectivity index (χ4n) is 1.84. The average Bonchev–Trinajstić information content (AvgIpc) is 2.37. The smallest absolute Gasteiger partial charge is 0.180 e. The molecule has 0 aliphatic heterocycles. The lowest BCUT2D eigenvalue weighted by Gasteiger charge is -2.09. The lowest BCUT2D eigenvalue weighted by molar-refractivity contribution is 0.634. The highest BCUT2D eigenvalue weighted by molar-refractivity contribution is 5.52. The molecule has 2 heterocycles. The van der Waals surface area contributed by atoms with Crippen molar-refractivity contribution >= 4 is 5.82 Å². The molecule has 5 nitrogen and oxygen atoms in total. The Balaban J connectivity index is 2.44. The van der Waals surface area contributed by atoms with Crippen LogP contribution in [0.15, 0.2) is 18.3 Å². The van der Waals surface area contributed by atoms with E-state index >= 15 is 0 Å². The van der Waals surface area contributed by atoms with Crippen LogP contribution in [0.1, 0.15) is 25.4 Å². The van der Waals surface area contributed by atoms with Crippen molar-refractivity contribution in [1.29, 1.82) is 0 Å². The number of hydrogen-bond acceptors (Lipinski definition) is 5. The third kappa shape index (κ3) is 3.47. The summed E-state index contributed by atoms with van der Waals surface area (Å²) in [5.41, 5.74) is 1.79. The van der Waals surface area contributed by atoms with Crippen LogP contribution in [0.4, 0.5) is 5.82 Å². The second-order valence-corrected chi connectivity index (χ2v) is 4.91. The monoisotopic (exact) mass is 257 g/mol. The molecule has 100 valence electrons. The van der Waals surface area contributed by atoms with Gasteiger partial charge in [0.2, 0.25) is 0 Å². The second-order valence-electron chi connectivity index (χ2n) is 4.91. The second kappa shape index (κ2) is 5.73. The highest BCUT2D eigenvalue weighted by Crippen LogP contribution is 2.17. The molecule has 0 unspecified atom stereocenters. The van der Waals surface area contributed by atoms with Crippen LogP contribution in [0.5, 0.6) is 0 Å². The van der Waals surface area contributed by atoms with E-state index in [0.717, 1.165) is 29.5 Å². The zero-order valence-corrected chi connectivity index (χ0v) is 11.8. The van der Waals surface area contributed by atoms with Crippen LogP contribution in [0.3, 0.4) is 0 Å². The van der Waals surface area contributed by atoms with Crippen molar-refractivity contribution in [3.05, 3.63) is 29.8 Å². The largest absolute Gasteiger partial charge is 0.373 e. The van der Waals surface area contributed by atoms with E-state index in [1.165, 1.54) is 0 Å². The van der Waals surface area contributed by atoms with Gasteiger partial charge < -0.3 is 5.32 Å². The zero-order chi connectivity index (χ0) is 13.8. The van der Waals surface area contributed by atoms with Gasteiger partial charge in [0.25, 0.3) is 0 Å². The van der Waals surface area contributed by atoms with Gasteiger partial charge in [-0.3, -0.25) is 0 Å². The Bertz CT molecular complexity index is 566. The highest BCUT2D eigenvalue weighted by Gasteiger charge is 2.09. The molecule has 0 atom stereocenters. The van der Waals surface area contributed by atoms with E-state index in [4.69, 9.17) is 0 Å². The van der Waals surface area contributed by atoms with E-state index in [-0.39, 0.29) is 0 Å². The Morgan fingerprint density at radius 1 is 1.21 bits per heavy atom. The van der Waals surface area contributed by atoms with Crippen LogP contribution in [0.25, 0.3) is 11.5 Å². The summed E-state index contributed by atoms with van der Waals surface area (Å²) in [7, 11) is 1.86. The number of nitrogens with zero attached hydrogens (tertiary/aromatic N) is 4. The minimum absolute atomic E-state index is 0.555. The SMILES string of the molecule is CNc1cc(CC(C)C)nc(-c2ccnc(C)n2)n1. The molecule has 0 fully saturated rings. The molecule has 0 saturated heterocycles. The van der Waals surface area contributed by atoms with Gasteiger partial charge >= 0.3 is 0 Å². The molecule has 2 aromatic heterocycles. The van der Waals surface area contributed by atoms with Gasteiger partial charge in [-0.2, -0.15) is 0 Å². The molecule has 0 saturated carbocycles. The Labute approximate surface area is 113 Å². The quantitative estimate of drug-likeness (QED) is 0.911. The first-order valence-electron chi connectivity index (χ1n) is 6.44. The third-order valence-corrected chi connectivity index (χ3v) is 2.66. The van der Waals surface area contributed by atoms with Crippen LogP contribution in [0, 0.1) is 12.8 Å². The standard InChI is InChI=1S/C14H19N5/c1-9(2)7-11-8-13(15-4)19-14(18-11)12-5-6-16-10(3)17-12/h5-6,8-9H,7H2,1-4H3,(H,15,18,19). The minimum atomic E-state index is 0.555. The third-order valence-electron chi connectivity index (χ3n) is 2.66. The number of nitrogens with one attached hydrogen (secondary N) is 1. The fraction of sp³-hybridized carbons (Fsp3) is 0.429. The molecule has 0 radical (unpaired) electrons. The molecular formula is C14H19N5. The van der Waals surface area contributed by atoms with Crippen molar-refractivity contribution in [3.8, 4) is 11.5 Å². The number of rotatable bonds is 4. The van der Waals surface area contributed by atoms with Gasteiger partial charge in [-0.05, 0) is 25.3 Å². The molecule has 19 heavy (non-hydrogen) atoms. The maximum absolute atomic E-state index is 4.59. The molecule has 2 aromatic rings. The van der Waals surface area contributed by atoms with Gasteiger partial charge in [-0.1, -0.05) is 13.8 Å². The van der Waals surface area contributed by atoms with E-state index in [9.17, 15) is 0 Å². The first kappa shape index (κ1) is 13.4. The molecule has 0 bridgehead atoms. The Morgan fingerprint density at radius 3 is 2.63 bits per heavy atom. The van der Waals surface area contributed by atoms with Gasteiger partial charge in [-0.15, -0.1) is 0 Å². The lowest BCUT2D eigenvalue weighted by atomic mass is 10.1. The van der Waals surface area contributed by atoms with Crippen molar-refractivity contribution in [2.75, 3.05) is 12.4 Å². The summed E-state index contributed by atoms with van der Waals surface area (Å²) >= 11 is 0. The van der Waals surface area contributed by atoms with E-state index in [0.29, 0.717) is 11.7 Å². The predicted octanol–water partition coefficient (Wildman–Crippen LogP) is 2.48. The topological polar surface area (TPSA) is 63.6 Å². The van der Waals surface area contributed by atoms with Crippen LogP contribution in [0.2, 0.25) is 0 Å². The molecule has 0 aromatic carbocycles. The van der Waals surface area contributed by atoms with Crippen molar-refractivity contribution in [2.24, 2.45) is 5.92 Å². The van der Waals surface area contributed by atoms with Crippen molar-refractivity contribution < 1.29 is 0 Å². The first-order valence-corrected chi connectivity index (χ1v) is 6.44. The summed E-state index contributed by atoms with van der Waals surface area (Å²) < 4.78 is 0. The highest BCUT2D eigenvalue weighted by atomic mass is 15.0. The first-order chi connectivity index (χ1) is 9.08. The molecule has 1 N–H and O–H groups in total. The Kier molecular flexibility index (Phi) is 4.04.